The number of amides is 1. The summed E-state index contributed by atoms with van der Waals surface area (Å²) in [6.07, 6.45) is 0.854. The number of carbonyl (C=O) groups is 1. The van der Waals surface area contributed by atoms with Gasteiger partial charge in [-0.15, -0.1) is 11.3 Å². The summed E-state index contributed by atoms with van der Waals surface area (Å²) >= 11 is 1.25. The Morgan fingerprint density at radius 1 is 1.16 bits per heavy atom. The maximum atomic E-state index is 13.9. The first-order chi connectivity index (χ1) is 15.1. The maximum Gasteiger partial charge on any atom is 0.268 e. The SMILES string of the molecule is Nc1c(C(=O)Nc2ccccc2F)sc2nc3c(cc12)CN(Cc1ccccc1)CC3. The van der Waals surface area contributed by atoms with Gasteiger partial charge in [-0.1, -0.05) is 42.5 Å². The van der Waals surface area contributed by atoms with Gasteiger partial charge in [0.25, 0.3) is 5.91 Å². The molecule has 0 aliphatic carbocycles. The molecule has 3 N–H and O–H groups in total. The molecule has 0 atom stereocenters. The molecule has 156 valence electrons. The van der Waals surface area contributed by atoms with Gasteiger partial charge in [0.2, 0.25) is 0 Å². The predicted molar refractivity (Wildman–Crippen MR) is 123 cm³/mol. The number of nitrogens with zero attached hydrogens (tertiary/aromatic N) is 2. The van der Waals surface area contributed by atoms with Crippen LogP contribution < -0.4 is 11.1 Å². The highest BCUT2D eigenvalue weighted by Gasteiger charge is 2.23. The van der Waals surface area contributed by atoms with Crippen LogP contribution in [0.4, 0.5) is 15.8 Å². The molecule has 0 radical (unpaired) electrons. The standard InChI is InChI=1S/C24H21FN4OS/c25-18-8-4-5-9-20(18)27-23(30)22-21(26)17-12-16-14-29(13-15-6-2-1-3-7-15)11-10-19(16)28-24(17)31-22/h1-9,12H,10-11,13-14,26H2,(H,27,30). The molecule has 5 rings (SSSR count). The van der Waals surface area contributed by atoms with Gasteiger partial charge in [0.05, 0.1) is 11.4 Å². The number of pyridine rings is 1. The van der Waals surface area contributed by atoms with Crippen LogP contribution in [0.25, 0.3) is 10.2 Å². The summed E-state index contributed by atoms with van der Waals surface area (Å²) in [7, 11) is 0. The highest BCUT2D eigenvalue weighted by molar-refractivity contribution is 7.21. The molecular formula is C24H21FN4OS. The first-order valence-electron chi connectivity index (χ1n) is 10.1. The fourth-order valence-electron chi connectivity index (χ4n) is 3.94. The zero-order valence-electron chi connectivity index (χ0n) is 16.8. The fraction of sp³-hybridized carbons (Fsp3) is 0.167. The maximum absolute atomic E-state index is 13.9. The predicted octanol–water partition coefficient (Wildman–Crippen LogP) is 4.83. The van der Waals surface area contributed by atoms with Crippen molar-refractivity contribution in [2.24, 2.45) is 0 Å². The molecule has 1 aliphatic heterocycles. The Morgan fingerprint density at radius 3 is 2.74 bits per heavy atom. The van der Waals surface area contributed by atoms with Crippen molar-refractivity contribution in [2.75, 3.05) is 17.6 Å². The highest BCUT2D eigenvalue weighted by Crippen LogP contribution is 2.35. The van der Waals surface area contributed by atoms with Gasteiger partial charge in [-0.2, -0.15) is 0 Å². The number of nitrogen functional groups attached to an aromatic ring is 1. The second-order valence-electron chi connectivity index (χ2n) is 7.67. The average Bonchev–Trinajstić information content (AvgIpc) is 3.10. The number of para-hydroxylation sites is 1. The Hall–Kier alpha value is -3.29. The Labute approximate surface area is 183 Å². The molecule has 7 heteroatoms. The molecule has 2 aromatic carbocycles. The topological polar surface area (TPSA) is 71.2 Å². The largest absolute Gasteiger partial charge is 0.397 e. The molecule has 0 unspecified atom stereocenters. The summed E-state index contributed by atoms with van der Waals surface area (Å²) in [5, 5.41) is 3.39. The molecule has 3 heterocycles. The van der Waals surface area contributed by atoms with Gasteiger partial charge in [-0.25, -0.2) is 9.37 Å². The lowest BCUT2D eigenvalue weighted by Gasteiger charge is -2.28. The van der Waals surface area contributed by atoms with E-state index in [1.54, 1.807) is 12.1 Å². The minimum atomic E-state index is -0.484. The summed E-state index contributed by atoms with van der Waals surface area (Å²) in [5.41, 5.74) is 10.3. The third-order valence-corrected chi connectivity index (χ3v) is 6.64. The third kappa shape index (κ3) is 3.89. The van der Waals surface area contributed by atoms with E-state index >= 15 is 0 Å². The molecular weight excluding hydrogens is 411 g/mol. The monoisotopic (exact) mass is 432 g/mol. The smallest absolute Gasteiger partial charge is 0.268 e. The van der Waals surface area contributed by atoms with E-state index in [1.165, 1.54) is 29.0 Å². The summed E-state index contributed by atoms with van der Waals surface area (Å²) in [6.45, 7) is 2.61. The van der Waals surface area contributed by atoms with Crippen LogP contribution in [0.1, 0.15) is 26.5 Å². The molecule has 1 amide bonds. The van der Waals surface area contributed by atoms with Gasteiger partial charge >= 0.3 is 0 Å². The van der Waals surface area contributed by atoms with Gasteiger partial charge in [0.1, 0.15) is 15.5 Å². The Kier molecular flexibility index (Phi) is 5.13. The summed E-state index contributed by atoms with van der Waals surface area (Å²) in [5.74, 6) is -0.906. The summed E-state index contributed by atoms with van der Waals surface area (Å²) in [4.78, 5) is 21.0. The third-order valence-electron chi connectivity index (χ3n) is 5.53. The van der Waals surface area contributed by atoms with E-state index < -0.39 is 11.7 Å². The van der Waals surface area contributed by atoms with Gasteiger partial charge < -0.3 is 11.1 Å². The van der Waals surface area contributed by atoms with Crippen LogP contribution in [-0.2, 0) is 19.5 Å². The van der Waals surface area contributed by atoms with Crippen LogP contribution >= 0.6 is 11.3 Å². The van der Waals surface area contributed by atoms with Crippen LogP contribution in [-0.4, -0.2) is 22.3 Å². The van der Waals surface area contributed by atoms with Crippen molar-refractivity contribution < 1.29 is 9.18 Å². The van der Waals surface area contributed by atoms with Gasteiger partial charge in [0, 0.05) is 37.1 Å². The fourth-order valence-corrected chi connectivity index (χ4v) is 4.93. The molecule has 1 aliphatic rings. The molecule has 4 aromatic rings. The van der Waals surface area contributed by atoms with Crippen molar-refractivity contribution in [2.45, 2.75) is 19.5 Å². The van der Waals surface area contributed by atoms with E-state index in [0.29, 0.717) is 10.6 Å². The van der Waals surface area contributed by atoms with Crippen molar-refractivity contribution in [1.82, 2.24) is 9.88 Å². The minimum Gasteiger partial charge on any atom is -0.397 e. The van der Waals surface area contributed by atoms with Gasteiger partial charge in [-0.3, -0.25) is 9.69 Å². The molecule has 0 spiro atoms. The van der Waals surface area contributed by atoms with Crippen LogP contribution in [0.5, 0.6) is 0 Å². The summed E-state index contributed by atoms with van der Waals surface area (Å²) < 4.78 is 13.9. The zero-order chi connectivity index (χ0) is 21.4. The molecule has 31 heavy (non-hydrogen) atoms. The number of hydrogen-bond donors (Lipinski definition) is 2. The second kappa shape index (κ2) is 8.09. The molecule has 5 nitrogen and oxygen atoms in total. The zero-order valence-corrected chi connectivity index (χ0v) is 17.6. The molecule has 0 fully saturated rings. The number of nitrogens with two attached hydrogens (primary N) is 1. The van der Waals surface area contributed by atoms with Gasteiger partial charge in [0.15, 0.2) is 0 Å². The number of benzene rings is 2. The van der Waals surface area contributed by atoms with E-state index in [-0.39, 0.29) is 5.69 Å². The molecule has 2 aromatic heterocycles. The van der Waals surface area contributed by atoms with Crippen molar-refractivity contribution >= 4 is 38.8 Å². The lowest BCUT2D eigenvalue weighted by atomic mass is 10.0. The number of nitrogens with one attached hydrogen (secondary N) is 1. The molecule has 0 saturated heterocycles. The van der Waals surface area contributed by atoms with Crippen molar-refractivity contribution in [3.8, 4) is 0 Å². The molecule has 0 saturated carbocycles. The lowest BCUT2D eigenvalue weighted by molar-refractivity contribution is 0.103. The average molecular weight is 433 g/mol. The number of halogens is 1. The van der Waals surface area contributed by atoms with E-state index in [4.69, 9.17) is 10.7 Å². The normalized spacial score (nSPS) is 13.8. The Balaban J connectivity index is 1.41. The van der Waals surface area contributed by atoms with Crippen LogP contribution in [0.2, 0.25) is 0 Å². The lowest BCUT2D eigenvalue weighted by Crippen LogP contribution is -2.30. The number of hydrogen-bond acceptors (Lipinski definition) is 5. The first-order valence-corrected chi connectivity index (χ1v) is 10.9. The van der Waals surface area contributed by atoms with E-state index in [2.05, 4.69) is 40.5 Å². The number of carbonyl (C=O) groups excluding carboxylic acids is 1. The van der Waals surface area contributed by atoms with E-state index in [1.807, 2.05) is 6.07 Å². The number of thiophene rings is 1. The minimum absolute atomic E-state index is 0.133. The first kappa shape index (κ1) is 19.7. The number of anilines is 2. The van der Waals surface area contributed by atoms with Crippen molar-refractivity contribution in [3.63, 3.8) is 0 Å². The van der Waals surface area contributed by atoms with Crippen LogP contribution in [0.3, 0.4) is 0 Å². The highest BCUT2D eigenvalue weighted by atomic mass is 32.1. The summed E-state index contributed by atoms with van der Waals surface area (Å²) in [6, 6.07) is 18.5. The Bertz CT molecular complexity index is 1270. The quantitative estimate of drug-likeness (QED) is 0.485. The van der Waals surface area contributed by atoms with E-state index in [9.17, 15) is 9.18 Å². The molecule has 0 bridgehead atoms. The van der Waals surface area contributed by atoms with Gasteiger partial charge in [-0.05, 0) is 29.3 Å². The van der Waals surface area contributed by atoms with Crippen LogP contribution in [0.15, 0.2) is 60.7 Å². The second-order valence-corrected chi connectivity index (χ2v) is 8.67. The number of aromatic nitrogens is 1. The number of rotatable bonds is 4. The van der Waals surface area contributed by atoms with Crippen molar-refractivity contribution in [3.05, 3.63) is 88.2 Å². The van der Waals surface area contributed by atoms with Crippen LogP contribution in [0, 0.1) is 5.82 Å². The van der Waals surface area contributed by atoms with Crippen molar-refractivity contribution in [1.29, 1.82) is 0 Å². The number of fused-ring (bicyclic) bond motifs is 2. The Morgan fingerprint density at radius 2 is 1.94 bits per heavy atom. The van der Waals surface area contributed by atoms with E-state index in [0.717, 1.165) is 47.5 Å².